The van der Waals surface area contributed by atoms with E-state index in [1.165, 1.54) is 5.56 Å². The minimum absolute atomic E-state index is 0.0271. The van der Waals surface area contributed by atoms with Crippen LogP contribution in [0.4, 0.5) is 0 Å². The van der Waals surface area contributed by atoms with E-state index in [1.807, 2.05) is 28.5 Å². The van der Waals surface area contributed by atoms with Crippen LogP contribution in [0, 0.1) is 0 Å². The van der Waals surface area contributed by atoms with E-state index in [0.717, 1.165) is 23.5 Å². The largest absolute Gasteiger partial charge is 0.385 e. The summed E-state index contributed by atoms with van der Waals surface area (Å²) >= 11 is 1.61. The van der Waals surface area contributed by atoms with E-state index < -0.39 is 0 Å². The molecule has 7 nitrogen and oxygen atoms in total. The van der Waals surface area contributed by atoms with Gasteiger partial charge in [0, 0.05) is 58.2 Å². The summed E-state index contributed by atoms with van der Waals surface area (Å²) in [7, 11) is 1.65. The van der Waals surface area contributed by atoms with Gasteiger partial charge >= 0.3 is 0 Å². The predicted molar refractivity (Wildman–Crippen MR) is 118 cm³/mol. The number of nitrogens with zero attached hydrogens (tertiary/aromatic N) is 3. The molecule has 1 saturated heterocycles. The fourth-order valence-electron chi connectivity index (χ4n) is 3.41. The number of hydrogen-bond donors (Lipinski definition) is 1. The number of rotatable bonds is 10. The number of aromatic nitrogens is 1. The van der Waals surface area contributed by atoms with Gasteiger partial charge in [-0.05, 0) is 12.0 Å². The van der Waals surface area contributed by atoms with E-state index in [9.17, 15) is 9.59 Å². The maximum atomic E-state index is 12.6. The van der Waals surface area contributed by atoms with Gasteiger partial charge in [-0.2, -0.15) is 0 Å². The fraction of sp³-hybridized carbons (Fsp3) is 0.500. The molecule has 0 bridgehead atoms. The van der Waals surface area contributed by atoms with E-state index in [2.05, 4.69) is 27.3 Å². The third kappa shape index (κ3) is 7.19. The highest BCUT2D eigenvalue weighted by Gasteiger charge is 2.23. The summed E-state index contributed by atoms with van der Waals surface area (Å²) in [5, 5.41) is 5.92. The minimum atomic E-state index is 0.0271. The second kappa shape index (κ2) is 11.8. The number of benzene rings is 1. The number of piperazine rings is 1. The summed E-state index contributed by atoms with van der Waals surface area (Å²) in [6.07, 6.45) is 1.95. The molecule has 1 aromatic carbocycles. The SMILES string of the molecule is COCCCNC(=O)CN1CCN(C(=O)Cc2csc(Cc3ccccc3)n2)CC1. The summed E-state index contributed by atoms with van der Waals surface area (Å²) in [5.74, 6) is 0.134. The summed E-state index contributed by atoms with van der Waals surface area (Å²) in [5.41, 5.74) is 2.07. The van der Waals surface area contributed by atoms with Gasteiger partial charge < -0.3 is 15.0 Å². The van der Waals surface area contributed by atoms with Crippen LogP contribution in [-0.2, 0) is 27.2 Å². The van der Waals surface area contributed by atoms with E-state index in [0.29, 0.717) is 52.3 Å². The van der Waals surface area contributed by atoms with E-state index in [4.69, 9.17) is 4.74 Å². The Hall–Kier alpha value is -2.29. The van der Waals surface area contributed by atoms with Gasteiger partial charge in [0.25, 0.3) is 0 Å². The summed E-state index contributed by atoms with van der Waals surface area (Å²) in [6.45, 7) is 4.39. The first kappa shape index (κ1) is 22.4. The number of carbonyl (C=O) groups is 2. The third-order valence-corrected chi connectivity index (χ3v) is 5.97. The molecular formula is C22H30N4O3S. The zero-order chi connectivity index (χ0) is 21.2. The van der Waals surface area contributed by atoms with Gasteiger partial charge in [-0.15, -0.1) is 11.3 Å². The average molecular weight is 431 g/mol. The lowest BCUT2D eigenvalue weighted by molar-refractivity contribution is -0.132. The summed E-state index contributed by atoms with van der Waals surface area (Å²) in [6, 6.07) is 10.2. The van der Waals surface area contributed by atoms with Crippen molar-refractivity contribution in [2.45, 2.75) is 19.3 Å². The Kier molecular flexibility index (Phi) is 8.80. The van der Waals surface area contributed by atoms with Crippen LogP contribution in [0.3, 0.4) is 0 Å². The monoisotopic (exact) mass is 430 g/mol. The van der Waals surface area contributed by atoms with E-state index in [-0.39, 0.29) is 11.8 Å². The zero-order valence-corrected chi connectivity index (χ0v) is 18.3. The molecule has 162 valence electrons. The highest BCUT2D eigenvalue weighted by Crippen LogP contribution is 2.16. The van der Waals surface area contributed by atoms with Crippen molar-refractivity contribution >= 4 is 23.2 Å². The van der Waals surface area contributed by atoms with Crippen LogP contribution in [0.25, 0.3) is 0 Å². The van der Waals surface area contributed by atoms with Crippen LogP contribution < -0.4 is 5.32 Å². The molecule has 8 heteroatoms. The fourth-order valence-corrected chi connectivity index (χ4v) is 4.24. The molecule has 0 spiro atoms. The van der Waals surface area contributed by atoms with Crippen molar-refractivity contribution in [3.63, 3.8) is 0 Å². The minimum Gasteiger partial charge on any atom is -0.385 e. The van der Waals surface area contributed by atoms with Gasteiger partial charge in [0.05, 0.1) is 23.7 Å². The molecule has 1 aliphatic rings. The average Bonchev–Trinajstić information content (AvgIpc) is 3.19. The molecule has 0 atom stereocenters. The van der Waals surface area contributed by atoms with Gasteiger partial charge in [-0.25, -0.2) is 4.98 Å². The Labute approximate surface area is 182 Å². The molecule has 0 unspecified atom stereocenters. The normalized spacial score (nSPS) is 14.6. The highest BCUT2D eigenvalue weighted by atomic mass is 32.1. The lowest BCUT2D eigenvalue weighted by atomic mass is 10.2. The van der Waals surface area contributed by atoms with Crippen molar-refractivity contribution in [1.82, 2.24) is 20.1 Å². The predicted octanol–water partition coefficient (Wildman–Crippen LogP) is 1.57. The quantitative estimate of drug-likeness (QED) is 0.579. The van der Waals surface area contributed by atoms with Gasteiger partial charge in [0.15, 0.2) is 0 Å². The van der Waals surface area contributed by atoms with Crippen molar-refractivity contribution in [3.05, 3.63) is 52.0 Å². The van der Waals surface area contributed by atoms with Crippen molar-refractivity contribution in [3.8, 4) is 0 Å². The van der Waals surface area contributed by atoms with Crippen LogP contribution >= 0.6 is 11.3 Å². The highest BCUT2D eigenvalue weighted by molar-refractivity contribution is 7.09. The van der Waals surface area contributed by atoms with Crippen LogP contribution in [-0.4, -0.2) is 79.6 Å². The number of methoxy groups -OCH3 is 1. The number of amides is 2. The standard InChI is InChI=1S/C22H30N4O3S/c1-29-13-5-8-23-20(27)16-25-9-11-26(12-10-25)22(28)15-19-17-30-21(24-19)14-18-6-3-2-4-7-18/h2-4,6-7,17H,5,8-16H2,1H3,(H,23,27). The smallest absolute Gasteiger partial charge is 0.234 e. The molecule has 1 N–H and O–H groups in total. The van der Waals surface area contributed by atoms with Crippen molar-refractivity contribution in [1.29, 1.82) is 0 Å². The molecule has 1 fully saturated rings. The summed E-state index contributed by atoms with van der Waals surface area (Å²) < 4.78 is 4.98. The Morgan fingerprint density at radius 3 is 2.67 bits per heavy atom. The molecule has 3 rings (SSSR count). The second-order valence-corrected chi connectivity index (χ2v) is 8.37. The topological polar surface area (TPSA) is 74.8 Å². The first-order chi connectivity index (χ1) is 14.6. The van der Waals surface area contributed by atoms with Gasteiger partial charge in [0.1, 0.15) is 0 Å². The second-order valence-electron chi connectivity index (χ2n) is 7.42. The van der Waals surface area contributed by atoms with Crippen LogP contribution in [0.2, 0.25) is 0 Å². The lowest BCUT2D eigenvalue weighted by Crippen LogP contribution is -2.51. The van der Waals surface area contributed by atoms with Gasteiger partial charge in [-0.1, -0.05) is 30.3 Å². The molecule has 30 heavy (non-hydrogen) atoms. The maximum absolute atomic E-state index is 12.6. The molecule has 0 saturated carbocycles. The molecule has 1 aromatic heterocycles. The van der Waals surface area contributed by atoms with Crippen molar-refractivity contribution < 1.29 is 14.3 Å². The number of ether oxygens (including phenoxy) is 1. The molecule has 2 heterocycles. The Morgan fingerprint density at radius 1 is 1.17 bits per heavy atom. The van der Waals surface area contributed by atoms with E-state index in [1.54, 1.807) is 18.4 Å². The van der Waals surface area contributed by atoms with Crippen LogP contribution in [0.15, 0.2) is 35.7 Å². The first-order valence-electron chi connectivity index (χ1n) is 10.4. The number of nitrogens with one attached hydrogen (secondary N) is 1. The van der Waals surface area contributed by atoms with Gasteiger partial charge in [-0.3, -0.25) is 14.5 Å². The molecule has 1 aliphatic heterocycles. The third-order valence-electron chi connectivity index (χ3n) is 5.07. The number of carbonyl (C=O) groups excluding carboxylic acids is 2. The van der Waals surface area contributed by atoms with E-state index >= 15 is 0 Å². The molecule has 2 amide bonds. The molecule has 2 aromatic rings. The summed E-state index contributed by atoms with van der Waals surface area (Å²) in [4.78, 5) is 33.2. The lowest BCUT2D eigenvalue weighted by Gasteiger charge is -2.34. The Balaban J connectivity index is 1.38. The van der Waals surface area contributed by atoms with Crippen LogP contribution in [0.1, 0.15) is 22.7 Å². The van der Waals surface area contributed by atoms with Crippen LogP contribution in [0.5, 0.6) is 0 Å². The molecule has 0 aliphatic carbocycles. The maximum Gasteiger partial charge on any atom is 0.234 e. The first-order valence-corrected chi connectivity index (χ1v) is 11.2. The molecular weight excluding hydrogens is 400 g/mol. The van der Waals surface area contributed by atoms with Crippen molar-refractivity contribution in [2.24, 2.45) is 0 Å². The number of hydrogen-bond acceptors (Lipinski definition) is 6. The van der Waals surface area contributed by atoms with Gasteiger partial charge in [0.2, 0.25) is 11.8 Å². The molecule has 0 radical (unpaired) electrons. The Morgan fingerprint density at radius 2 is 1.93 bits per heavy atom. The zero-order valence-electron chi connectivity index (χ0n) is 17.5. The number of thiazole rings is 1. The van der Waals surface area contributed by atoms with Crippen molar-refractivity contribution in [2.75, 3.05) is 53.0 Å². The Bertz CT molecular complexity index is 804.